The molecule has 0 saturated heterocycles. The lowest BCUT2D eigenvalue weighted by Crippen LogP contribution is -2.47. The molecule has 5 nitrogen and oxygen atoms in total. The van der Waals surface area contributed by atoms with Crippen molar-refractivity contribution >= 4 is 10.2 Å². The average Bonchev–Trinajstić information content (AvgIpc) is 2.00. The fraction of sp³-hybridized carbons (Fsp3) is 1.00. The summed E-state index contributed by atoms with van der Waals surface area (Å²) in [6.45, 7) is 7.33. The Morgan fingerprint density at radius 2 is 1.67 bits per heavy atom. The highest BCUT2D eigenvalue weighted by molar-refractivity contribution is 7.87. The van der Waals surface area contributed by atoms with Gasteiger partial charge in [-0.25, -0.2) is 0 Å². The number of nitrogens with one attached hydrogen (secondary N) is 2. The minimum Gasteiger partial charge on any atom is -0.396 e. The van der Waals surface area contributed by atoms with E-state index >= 15 is 0 Å². The smallest absolute Gasteiger partial charge is 0.277 e. The molecular formula is C9H22N2O3S. The normalized spacial score (nSPS) is 14.9. The molecule has 0 aromatic heterocycles. The average molecular weight is 238 g/mol. The summed E-state index contributed by atoms with van der Waals surface area (Å²) in [5.74, 6) is 0.154. The molecule has 0 heterocycles. The van der Waals surface area contributed by atoms with Crippen LogP contribution in [0.25, 0.3) is 0 Å². The molecule has 0 fully saturated rings. The molecule has 15 heavy (non-hydrogen) atoms. The molecule has 0 rings (SSSR count). The Hall–Kier alpha value is -0.170. The maximum atomic E-state index is 11.5. The van der Waals surface area contributed by atoms with E-state index in [9.17, 15) is 8.42 Å². The zero-order valence-corrected chi connectivity index (χ0v) is 10.6. The zero-order valence-electron chi connectivity index (χ0n) is 9.82. The first-order chi connectivity index (χ1) is 6.78. The summed E-state index contributed by atoms with van der Waals surface area (Å²) >= 11 is 0. The van der Waals surface area contributed by atoms with E-state index in [0.717, 1.165) is 0 Å². The number of aliphatic hydroxyl groups is 1. The Labute approximate surface area is 92.4 Å². The van der Waals surface area contributed by atoms with Crippen LogP contribution in [0.3, 0.4) is 0 Å². The quantitative estimate of drug-likeness (QED) is 0.594. The number of aliphatic hydroxyl groups excluding tert-OH is 1. The fourth-order valence-corrected chi connectivity index (χ4v) is 2.69. The van der Waals surface area contributed by atoms with Crippen LogP contribution in [0, 0.1) is 5.92 Å². The summed E-state index contributed by atoms with van der Waals surface area (Å²) in [6.07, 6.45) is 0.427. The Morgan fingerprint density at radius 1 is 1.13 bits per heavy atom. The van der Waals surface area contributed by atoms with E-state index in [2.05, 4.69) is 9.44 Å². The first-order valence-corrected chi connectivity index (χ1v) is 6.67. The lowest BCUT2D eigenvalue weighted by molar-refractivity contribution is 0.255. The summed E-state index contributed by atoms with van der Waals surface area (Å²) in [5, 5.41) is 8.81. The topological polar surface area (TPSA) is 78.4 Å². The van der Waals surface area contributed by atoms with Crippen LogP contribution in [0.1, 0.15) is 34.1 Å². The van der Waals surface area contributed by atoms with Crippen molar-refractivity contribution in [2.45, 2.75) is 46.2 Å². The van der Waals surface area contributed by atoms with Crippen molar-refractivity contribution in [3.63, 3.8) is 0 Å². The molecule has 3 N–H and O–H groups in total. The van der Waals surface area contributed by atoms with Gasteiger partial charge in [0.05, 0.1) is 0 Å². The molecular weight excluding hydrogens is 216 g/mol. The van der Waals surface area contributed by atoms with Gasteiger partial charge in [-0.05, 0) is 26.2 Å². The summed E-state index contributed by atoms with van der Waals surface area (Å²) in [5.41, 5.74) is 0. The Morgan fingerprint density at radius 3 is 2.00 bits per heavy atom. The van der Waals surface area contributed by atoms with Crippen molar-refractivity contribution in [1.82, 2.24) is 9.44 Å². The molecule has 1 atom stereocenters. The van der Waals surface area contributed by atoms with Crippen molar-refractivity contribution in [2.75, 3.05) is 6.61 Å². The van der Waals surface area contributed by atoms with Crippen LogP contribution in [0.5, 0.6) is 0 Å². The van der Waals surface area contributed by atoms with Crippen molar-refractivity contribution in [2.24, 2.45) is 5.92 Å². The van der Waals surface area contributed by atoms with E-state index in [-0.39, 0.29) is 24.6 Å². The molecule has 0 aromatic rings. The minimum absolute atomic E-state index is 0.0208. The monoisotopic (exact) mass is 238 g/mol. The fourth-order valence-electron chi connectivity index (χ4n) is 1.21. The summed E-state index contributed by atoms with van der Waals surface area (Å²) < 4.78 is 28.0. The molecule has 0 aliphatic carbocycles. The predicted octanol–water partition coefficient (Wildman–Crippen LogP) is 0.226. The minimum atomic E-state index is -3.46. The molecule has 1 unspecified atom stereocenters. The molecule has 6 heteroatoms. The van der Waals surface area contributed by atoms with Gasteiger partial charge in [-0.2, -0.15) is 17.9 Å². The van der Waals surface area contributed by atoms with E-state index < -0.39 is 10.2 Å². The van der Waals surface area contributed by atoms with E-state index in [0.29, 0.717) is 6.42 Å². The second kappa shape index (κ2) is 6.42. The number of rotatable bonds is 7. The third kappa shape index (κ3) is 6.83. The first-order valence-electron chi connectivity index (χ1n) is 5.19. The van der Waals surface area contributed by atoms with E-state index in [1.54, 1.807) is 13.8 Å². The largest absolute Gasteiger partial charge is 0.396 e. The SMILES string of the molecule is CC(C)NS(=O)(=O)NC(CCO)C(C)C. The van der Waals surface area contributed by atoms with Crippen LogP contribution >= 0.6 is 0 Å². The van der Waals surface area contributed by atoms with Crippen LogP contribution in [-0.2, 0) is 10.2 Å². The van der Waals surface area contributed by atoms with E-state index in [1.807, 2.05) is 13.8 Å². The van der Waals surface area contributed by atoms with Crippen LogP contribution in [0.15, 0.2) is 0 Å². The molecule has 0 bridgehead atoms. The van der Waals surface area contributed by atoms with E-state index in [4.69, 9.17) is 5.11 Å². The van der Waals surface area contributed by atoms with Crippen LogP contribution in [0.2, 0.25) is 0 Å². The molecule has 0 amide bonds. The van der Waals surface area contributed by atoms with Crippen LogP contribution in [0.4, 0.5) is 0 Å². The van der Waals surface area contributed by atoms with Crippen molar-refractivity contribution in [1.29, 1.82) is 0 Å². The third-order valence-corrected chi connectivity index (χ3v) is 3.34. The molecule has 0 spiro atoms. The third-order valence-electron chi connectivity index (χ3n) is 1.94. The van der Waals surface area contributed by atoms with Gasteiger partial charge in [0.25, 0.3) is 10.2 Å². The number of hydrogen-bond acceptors (Lipinski definition) is 3. The van der Waals surface area contributed by atoms with Crippen LogP contribution < -0.4 is 9.44 Å². The Bertz CT molecular complexity index is 263. The highest BCUT2D eigenvalue weighted by Gasteiger charge is 2.20. The molecule has 0 saturated carbocycles. The van der Waals surface area contributed by atoms with Gasteiger partial charge in [-0.1, -0.05) is 13.8 Å². The maximum absolute atomic E-state index is 11.5. The van der Waals surface area contributed by atoms with Crippen molar-refractivity contribution in [3.8, 4) is 0 Å². The summed E-state index contributed by atoms with van der Waals surface area (Å²) in [7, 11) is -3.46. The molecule has 0 radical (unpaired) electrons. The van der Waals surface area contributed by atoms with Gasteiger partial charge in [0, 0.05) is 18.7 Å². The van der Waals surface area contributed by atoms with Crippen molar-refractivity contribution < 1.29 is 13.5 Å². The van der Waals surface area contributed by atoms with Gasteiger partial charge < -0.3 is 5.11 Å². The van der Waals surface area contributed by atoms with Gasteiger partial charge >= 0.3 is 0 Å². The van der Waals surface area contributed by atoms with Gasteiger partial charge in [0.2, 0.25) is 0 Å². The van der Waals surface area contributed by atoms with Gasteiger partial charge in [-0.3, -0.25) is 0 Å². The maximum Gasteiger partial charge on any atom is 0.277 e. The summed E-state index contributed by atoms with van der Waals surface area (Å²) in [6, 6.07) is -0.365. The molecule has 92 valence electrons. The standard InChI is InChI=1S/C9H22N2O3S/c1-7(2)9(5-6-12)11-15(13,14)10-8(3)4/h7-12H,5-6H2,1-4H3. The highest BCUT2D eigenvalue weighted by Crippen LogP contribution is 2.06. The Kier molecular flexibility index (Phi) is 6.35. The van der Waals surface area contributed by atoms with Crippen LogP contribution in [-0.4, -0.2) is 32.2 Å². The highest BCUT2D eigenvalue weighted by atomic mass is 32.2. The Balaban J connectivity index is 4.39. The second-order valence-electron chi connectivity index (χ2n) is 4.26. The predicted molar refractivity (Wildman–Crippen MR) is 60.7 cm³/mol. The van der Waals surface area contributed by atoms with E-state index in [1.165, 1.54) is 0 Å². The van der Waals surface area contributed by atoms with Gasteiger partial charge in [-0.15, -0.1) is 0 Å². The van der Waals surface area contributed by atoms with Gasteiger partial charge in [0.15, 0.2) is 0 Å². The van der Waals surface area contributed by atoms with Gasteiger partial charge in [0.1, 0.15) is 0 Å². The first kappa shape index (κ1) is 14.8. The van der Waals surface area contributed by atoms with Crippen molar-refractivity contribution in [3.05, 3.63) is 0 Å². The zero-order chi connectivity index (χ0) is 12.1. The molecule has 0 aliphatic heterocycles. The number of hydrogen-bond donors (Lipinski definition) is 3. The lowest BCUT2D eigenvalue weighted by atomic mass is 10.0. The molecule has 0 aliphatic rings. The second-order valence-corrected chi connectivity index (χ2v) is 5.73. The summed E-state index contributed by atoms with van der Waals surface area (Å²) in [4.78, 5) is 0. The lowest BCUT2D eigenvalue weighted by Gasteiger charge is -2.22. The molecule has 0 aromatic carbocycles.